The fraction of sp³-hybridized carbons (Fsp3) is 0.263. The average Bonchev–Trinajstić information content (AvgIpc) is 2.72. The van der Waals surface area contributed by atoms with E-state index in [1.807, 2.05) is 4.90 Å². The molecule has 3 aromatic rings. The van der Waals surface area contributed by atoms with Gasteiger partial charge in [0.25, 0.3) is 5.56 Å². The molecule has 0 amide bonds. The molecule has 0 radical (unpaired) electrons. The molecular formula is C19H16BrF2N5O2. The molecule has 29 heavy (non-hydrogen) atoms. The Bertz CT molecular complexity index is 1080. The van der Waals surface area contributed by atoms with Crippen molar-refractivity contribution in [3.8, 4) is 11.3 Å². The quantitative estimate of drug-likeness (QED) is 0.592. The van der Waals surface area contributed by atoms with Crippen molar-refractivity contribution in [2.24, 2.45) is 0 Å². The van der Waals surface area contributed by atoms with E-state index >= 15 is 0 Å². The zero-order chi connectivity index (χ0) is 20.4. The van der Waals surface area contributed by atoms with Gasteiger partial charge in [0.05, 0.1) is 29.4 Å². The second-order valence-electron chi connectivity index (χ2n) is 6.51. The van der Waals surface area contributed by atoms with Gasteiger partial charge < -0.3 is 9.64 Å². The lowest BCUT2D eigenvalue weighted by Crippen LogP contribution is -2.46. The number of nitrogens with zero attached hydrogens (tertiary/aromatic N) is 5. The summed E-state index contributed by atoms with van der Waals surface area (Å²) in [7, 11) is 0. The van der Waals surface area contributed by atoms with Crippen molar-refractivity contribution in [2.45, 2.75) is 12.6 Å². The van der Waals surface area contributed by atoms with Gasteiger partial charge in [-0.1, -0.05) is 0 Å². The number of rotatable bonds is 4. The van der Waals surface area contributed by atoms with Crippen LogP contribution in [0.3, 0.4) is 0 Å². The molecule has 1 saturated heterocycles. The van der Waals surface area contributed by atoms with Gasteiger partial charge in [0.15, 0.2) is 11.6 Å². The number of hydrogen-bond acceptors (Lipinski definition) is 6. The van der Waals surface area contributed by atoms with Gasteiger partial charge in [-0.15, -0.1) is 0 Å². The minimum absolute atomic E-state index is 0.212. The third kappa shape index (κ3) is 4.48. The molecule has 1 fully saturated rings. The zero-order valence-electron chi connectivity index (χ0n) is 15.1. The molecule has 1 aromatic carbocycles. The maximum Gasteiger partial charge on any atom is 0.266 e. The molecule has 4 rings (SSSR count). The second-order valence-corrected chi connectivity index (χ2v) is 7.42. The first kappa shape index (κ1) is 19.6. The Kier molecular flexibility index (Phi) is 5.63. The van der Waals surface area contributed by atoms with Crippen molar-refractivity contribution in [1.82, 2.24) is 19.7 Å². The maximum absolute atomic E-state index is 13.5. The molecule has 0 N–H and O–H groups in total. The highest BCUT2D eigenvalue weighted by Crippen LogP contribution is 2.19. The van der Waals surface area contributed by atoms with Crippen molar-refractivity contribution in [3.05, 3.63) is 69.2 Å². The van der Waals surface area contributed by atoms with Crippen LogP contribution in [0.2, 0.25) is 0 Å². The SMILES string of the molecule is O=c1ccc(-c2ccc(F)c(F)c2)nn1C[C@@H]1CN(c2ncc(Br)cn2)CCO1. The molecule has 0 aliphatic carbocycles. The summed E-state index contributed by atoms with van der Waals surface area (Å²) >= 11 is 3.31. The number of morpholine rings is 1. The zero-order valence-corrected chi connectivity index (χ0v) is 16.7. The number of ether oxygens (including phenoxy) is 1. The normalized spacial score (nSPS) is 16.8. The molecule has 0 unspecified atom stereocenters. The Morgan fingerprint density at radius 3 is 2.69 bits per heavy atom. The smallest absolute Gasteiger partial charge is 0.266 e. The van der Waals surface area contributed by atoms with E-state index in [0.717, 1.165) is 16.6 Å². The summed E-state index contributed by atoms with van der Waals surface area (Å²) in [6.45, 7) is 1.80. The van der Waals surface area contributed by atoms with Gasteiger partial charge in [0, 0.05) is 37.1 Å². The number of anilines is 1. The monoisotopic (exact) mass is 463 g/mol. The van der Waals surface area contributed by atoms with E-state index in [4.69, 9.17) is 4.74 Å². The fourth-order valence-electron chi connectivity index (χ4n) is 3.06. The minimum atomic E-state index is -0.970. The minimum Gasteiger partial charge on any atom is -0.373 e. The van der Waals surface area contributed by atoms with E-state index in [0.29, 0.717) is 36.9 Å². The van der Waals surface area contributed by atoms with Crippen LogP contribution in [0.5, 0.6) is 0 Å². The number of hydrogen-bond donors (Lipinski definition) is 0. The van der Waals surface area contributed by atoms with Crippen LogP contribution in [0.15, 0.2) is 52.0 Å². The predicted octanol–water partition coefficient (Wildman–Crippen LogP) is 2.65. The van der Waals surface area contributed by atoms with Crippen molar-refractivity contribution in [2.75, 3.05) is 24.6 Å². The van der Waals surface area contributed by atoms with Crippen LogP contribution in [-0.2, 0) is 11.3 Å². The third-order valence-corrected chi connectivity index (χ3v) is 4.90. The lowest BCUT2D eigenvalue weighted by molar-refractivity contribution is 0.0260. The summed E-state index contributed by atoms with van der Waals surface area (Å²) in [5, 5.41) is 4.30. The molecule has 1 atom stereocenters. The lowest BCUT2D eigenvalue weighted by atomic mass is 10.1. The first-order chi connectivity index (χ1) is 14.0. The number of benzene rings is 1. The lowest BCUT2D eigenvalue weighted by Gasteiger charge is -2.32. The molecule has 0 bridgehead atoms. The van der Waals surface area contributed by atoms with Crippen LogP contribution in [-0.4, -0.2) is 45.5 Å². The van der Waals surface area contributed by atoms with Gasteiger partial charge in [0.1, 0.15) is 0 Å². The third-order valence-electron chi connectivity index (χ3n) is 4.49. The van der Waals surface area contributed by atoms with Crippen LogP contribution in [0.25, 0.3) is 11.3 Å². The van der Waals surface area contributed by atoms with Crippen LogP contribution < -0.4 is 10.5 Å². The summed E-state index contributed by atoms with van der Waals surface area (Å²) in [4.78, 5) is 22.8. The van der Waals surface area contributed by atoms with Gasteiger partial charge in [-0.25, -0.2) is 23.4 Å². The predicted molar refractivity (Wildman–Crippen MR) is 106 cm³/mol. The van der Waals surface area contributed by atoms with Crippen molar-refractivity contribution in [3.63, 3.8) is 0 Å². The summed E-state index contributed by atoms with van der Waals surface area (Å²) in [6.07, 6.45) is 3.04. The molecule has 1 aliphatic heterocycles. The van der Waals surface area contributed by atoms with E-state index < -0.39 is 11.6 Å². The summed E-state index contributed by atoms with van der Waals surface area (Å²) in [6, 6.07) is 6.33. The Morgan fingerprint density at radius 1 is 1.14 bits per heavy atom. The van der Waals surface area contributed by atoms with Crippen LogP contribution in [0.4, 0.5) is 14.7 Å². The Balaban J connectivity index is 1.53. The van der Waals surface area contributed by atoms with Gasteiger partial charge in [-0.05, 0) is 40.2 Å². The van der Waals surface area contributed by atoms with Crippen molar-refractivity contribution >= 4 is 21.9 Å². The molecular weight excluding hydrogens is 448 g/mol. The number of aromatic nitrogens is 4. The molecule has 0 spiro atoms. The maximum atomic E-state index is 13.5. The van der Waals surface area contributed by atoms with E-state index in [2.05, 4.69) is 31.0 Å². The Labute approximate surface area is 173 Å². The first-order valence-corrected chi connectivity index (χ1v) is 9.66. The summed E-state index contributed by atoms with van der Waals surface area (Å²) in [5.41, 5.74) is 0.441. The second kappa shape index (κ2) is 8.34. The first-order valence-electron chi connectivity index (χ1n) is 8.87. The van der Waals surface area contributed by atoms with Crippen LogP contribution >= 0.6 is 15.9 Å². The van der Waals surface area contributed by atoms with E-state index in [1.165, 1.54) is 22.9 Å². The van der Waals surface area contributed by atoms with E-state index in [9.17, 15) is 13.6 Å². The largest absolute Gasteiger partial charge is 0.373 e. The topological polar surface area (TPSA) is 73.1 Å². The van der Waals surface area contributed by atoms with Gasteiger partial charge in [-0.3, -0.25) is 4.79 Å². The molecule has 2 aromatic heterocycles. The molecule has 7 nitrogen and oxygen atoms in total. The fourth-order valence-corrected chi connectivity index (χ4v) is 3.27. The highest BCUT2D eigenvalue weighted by atomic mass is 79.9. The van der Waals surface area contributed by atoms with Gasteiger partial charge in [0.2, 0.25) is 5.95 Å². The Morgan fingerprint density at radius 2 is 1.93 bits per heavy atom. The summed E-state index contributed by atoms with van der Waals surface area (Å²) in [5.74, 6) is -1.33. The van der Waals surface area contributed by atoms with E-state index in [-0.39, 0.29) is 18.2 Å². The molecule has 1 aliphatic rings. The summed E-state index contributed by atoms with van der Waals surface area (Å²) < 4.78 is 34.6. The Hall–Kier alpha value is -2.72. The van der Waals surface area contributed by atoms with Gasteiger partial charge in [-0.2, -0.15) is 5.10 Å². The van der Waals surface area contributed by atoms with Crippen LogP contribution in [0, 0.1) is 11.6 Å². The average molecular weight is 464 g/mol. The molecule has 0 saturated carbocycles. The molecule has 150 valence electrons. The van der Waals surface area contributed by atoms with Crippen molar-refractivity contribution < 1.29 is 13.5 Å². The number of halogens is 3. The van der Waals surface area contributed by atoms with Crippen LogP contribution in [0.1, 0.15) is 0 Å². The highest BCUT2D eigenvalue weighted by molar-refractivity contribution is 9.10. The molecule has 10 heteroatoms. The highest BCUT2D eigenvalue weighted by Gasteiger charge is 2.23. The standard InChI is InChI=1S/C19H16BrF2N5O2/c20-13-8-23-19(24-9-13)26-5-6-29-14(10-26)11-27-18(28)4-3-17(25-27)12-1-2-15(21)16(22)7-12/h1-4,7-9,14H,5-6,10-11H2/t14-/m0/s1. The van der Waals surface area contributed by atoms with E-state index in [1.54, 1.807) is 12.4 Å². The van der Waals surface area contributed by atoms with Crippen molar-refractivity contribution in [1.29, 1.82) is 0 Å². The van der Waals surface area contributed by atoms with Gasteiger partial charge >= 0.3 is 0 Å². The molecule has 3 heterocycles.